The van der Waals surface area contributed by atoms with E-state index in [-0.39, 0.29) is 5.69 Å². The molecule has 0 fully saturated rings. The predicted octanol–water partition coefficient (Wildman–Crippen LogP) is 3.67. The molecule has 0 heterocycles. The Morgan fingerprint density at radius 1 is 1.05 bits per heavy atom. The number of rotatable bonds is 2. The lowest BCUT2D eigenvalue weighted by molar-refractivity contribution is 0.262. The lowest BCUT2D eigenvalue weighted by atomic mass is 10.1. The van der Waals surface area contributed by atoms with E-state index in [0.717, 1.165) is 11.1 Å². The number of halogens is 1. The van der Waals surface area contributed by atoms with Crippen molar-refractivity contribution in [3.8, 4) is 0 Å². The number of aryl methyl sites for hydroxylation is 2. The van der Waals surface area contributed by atoms with Crippen LogP contribution >= 0.6 is 0 Å². The zero-order chi connectivity index (χ0) is 14.7. The Balaban J connectivity index is 2.13. The largest absolute Gasteiger partial charge is 0.397 e. The number of anilines is 3. The maximum absolute atomic E-state index is 13.4. The van der Waals surface area contributed by atoms with Crippen molar-refractivity contribution in [1.82, 2.24) is 0 Å². The number of nitrogens with two attached hydrogens (primary N) is 1. The Labute approximate surface area is 116 Å². The highest BCUT2D eigenvalue weighted by Gasteiger charge is 2.09. The minimum absolute atomic E-state index is 0.118. The average molecular weight is 273 g/mol. The first kappa shape index (κ1) is 13.9. The van der Waals surface area contributed by atoms with Crippen molar-refractivity contribution in [3.63, 3.8) is 0 Å². The van der Waals surface area contributed by atoms with Gasteiger partial charge in [-0.05, 0) is 49.2 Å². The molecule has 0 bridgehead atoms. The van der Waals surface area contributed by atoms with Gasteiger partial charge in [0.15, 0.2) is 0 Å². The molecule has 0 saturated carbocycles. The molecule has 2 rings (SSSR count). The normalized spacial score (nSPS) is 10.2. The zero-order valence-electron chi connectivity index (χ0n) is 11.3. The third kappa shape index (κ3) is 3.06. The lowest BCUT2D eigenvalue weighted by Gasteiger charge is -2.12. The van der Waals surface area contributed by atoms with Crippen LogP contribution in [0.4, 0.5) is 26.2 Å². The number of benzene rings is 2. The number of nitrogen functional groups attached to an aromatic ring is 1. The van der Waals surface area contributed by atoms with Gasteiger partial charge in [0.2, 0.25) is 0 Å². The molecule has 20 heavy (non-hydrogen) atoms. The number of hydrogen-bond donors (Lipinski definition) is 3. The van der Waals surface area contributed by atoms with Crippen molar-refractivity contribution in [1.29, 1.82) is 0 Å². The van der Waals surface area contributed by atoms with E-state index in [4.69, 9.17) is 5.73 Å². The summed E-state index contributed by atoms with van der Waals surface area (Å²) in [4.78, 5) is 11.8. The highest BCUT2D eigenvalue weighted by atomic mass is 19.1. The molecule has 5 heteroatoms. The molecule has 104 valence electrons. The van der Waals surface area contributed by atoms with Crippen molar-refractivity contribution in [2.45, 2.75) is 13.8 Å². The minimum Gasteiger partial charge on any atom is -0.397 e. The van der Waals surface area contributed by atoms with Gasteiger partial charge < -0.3 is 16.4 Å². The third-order valence-electron chi connectivity index (χ3n) is 3.04. The number of carbonyl (C=O) groups excluding carboxylic acids is 1. The topological polar surface area (TPSA) is 67.1 Å². The van der Waals surface area contributed by atoms with Crippen LogP contribution < -0.4 is 16.4 Å². The Bertz CT molecular complexity index is 656. The summed E-state index contributed by atoms with van der Waals surface area (Å²) in [6.45, 7) is 3.86. The molecular formula is C15H16FN3O. The van der Waals surface area contributed by atoms with Crippen molar-refractivity contribution in [2.75, 3.05) is 16.4 Å². The van der Waals surface area contributed by atoms with Gasteiger partial charge in [0.05, 0.1) is 17.1 Å². The summed E-state index contributed by atoms with van der Waals surface area (Å²) in [5.74, 6) is -0.490. The standard InChI is InChI=1S/C15H16FN3O/c1-9-7-12(17)14(8-10(9)2)19-15(20)18-13-6-4-3-5-11(13)16/h3-8H,17H2,1-2H3,(H2,18,19,20). The first-order valence-corrected chi connectivity index (χ1v) is 6.16. The van der Waals surface area contributed by atoms with Gasteiger partial charge in [-0.2, -0.15) is 0 Å². The molecule has 2 amide bonds. The van der Waals surface area contributed by atoms with Crippen molar-refractivity contribution >= 4 is 23.1 Å². The minimum atomic E-state index is -0.537. The fourth-order valence-corrected chi connectivity index (χ4v) is 1.79. The summed E-state index contributed by atoms with van der Waals surface area (Å²) >= 11 is 0. The highest BCUT2D eigenvalue weighted by Crippen LogP contribution is 2.23. The summed E-state index contributed by atoms with van der Waals surface area (Å²) < 4.78 is 13.4. The molecule has 0 saturated heterocycles. The van der Waals surface area contributed by atoms with E-state index in [1.807, 2.05) is 13.8 Å². The van der Waals surface area contributed by atoms with Gasteiger partial charge in [0, 0.05) is 0 Å². The van der Waals surface area contributed by atoms with Gasteiger partial charge in [0.25, 0.3) is 0 Å². The number of amides is 2. The third-order valence-corrected chi connectivity index (χ3v) is 3.04. The Morgan fingerprint density at radius 2 is 1.65 bits per heavy atom. The SMILES string of the molecule is Cc1cc(N)c(NC(=O)Nc2ccccc2F)cc1C. The molecule has 0 atom stereocenters. The smallest absolute Gasteiger partial charge is 0.323 e. The monoisotopic (exact) mass is 273 g/mol. The number of nitrogens with one attached hydrogen (secondary N) is 2. The Hall–Kier alpha value is -2.56. The summed E-state index contributed by atoms with van der Waals surface area (Å²) in [5.41, 5.74) is 8.99. The molecule has 4 N–H and O–H groups in total. The van der Waals surface area contributed by atoms with Gasteiger partial charge >= 0.3 is 6.03 Å². The van der Waals surface area contributed by atoms with Crippen LogP contribution in [0.15, 0.2) is 36.4 Å². The summed E-state index contributed by atoms with van der Waals surface area (Å²) in [6.07, 6.45) is 0. The van der Waals surface area contributed by atoms with Crippen LogP contribution in [-0.2, 0) is 0 Å². The molecule has 0 aromatic heterocycles. The number of urea groups is 1. The van der Waals surface area contributed by atoms with Crippen LogP contribution in [0.3, 0.4) is 0 Å². The molecule has 2 aromatic rings. The molecular weight excluding hydrogens is 257 g/mol. The van der Waals surface area contributed by atoms with Crippen LogP contribution in [0.1, 0.15) is 11.1 Å². The van der Waals surface area contributed by atoms with E-state index in [9.17, 15) is 9.18 Å². The second-order valence-electron chi connectivity index (χ2n) is 4.58. The Kier molecular flexibility index (Phi) is 3.89. The molecule has 0 aliphatic carbocycles. The molecule has 0 aliphatic rings. The lowest BCUT2D eigenvalue weighted by Crippen LogP contribution is -2.21. The average Bonchev–Trinajstić information content (AvgIpc) is 2.39. The maximum Gasteiger partial charge on any atom is 0.323 e. The molecule has 0 aliphatic heterocycles. The van der Waals surface area contributed by atoms with Gasteiger partial charge in [-0.3, -0.25) is 0 Å². The molecule has 0 unspecified atom stereocenters. The summed E-state index contributed by atoms with van der Waals surface area (Å²) in [5, 5.41) is 5.05. The number of carbonyl (C=O) groups is 1. The van der Waals surface area contributed by atoms with Crippen molar-refractivity contribution in [2.24, 2.45) is 0 Å². The van der Waals surface area contributed by atoms with Gasteiger partial charge in [-0.15, -0.1) is 0 Å². The van der Waals surface area contributed by atoms with Crippen LogP contribution in [0.2, 0.25) is 0 Å². The highest BCUT2D eigenvalue weighted by molar-refractivity contribution is 6.01. The quantitative estimate of drug-likeness (QED) is 0.731. The molecule has 0 spiro atoms. The predicted molar refractivity (Wildman–Crippen MR) is 79.4 cm³/mol. The molecule has 0 radical (unpaired) electrons. The van der Waals surface area contributed by atoms with E-state index in [2.05, 4.69) is 10.6 Å². The van der Waals surface area contributed by atoms with Crippen molar-refractivity contribution < 1.29 is 9.18 Å². The van der Waals surface area contributed by atoms with Crippen LogP contribution in [0.5, 0.6) is 0 Å². The number of para-hydroxylation sites is 1. The Morgan fingerprint density at radius 3 is 2.35 bits per heavy atom. The first-order valence-electron chi connectivity index (χ1n) is 6.16. The van der Waals surface area contributed by atoms with E-state index >= 15 is 0 Å². The summed E-state index contributed by atoms with van der Waals surface area (Å²) in [7, 11) is 0. The fraction of sp³-hybridized carbons (Fsp3) is 0.133. The van der Waals surface area contributed by atoms with E-state index < -0.39 is 11.8 Å². The van der Waals surface area contributed by atoms with E-state index in [0.29, 0.717) is 11.4 Å². The van der Waals surface area contributed by atoms with Gasteiger partial charge in [0.1, 0.15) is 5.82 Å². The second-order valence-corrected chi connectivity index (χ2v) is 4.58. The molecule has 4 nitrogen and oxygen atoms in total. The summed E-state index contributed by atoms with van der Waals surface area (Å²) in [6, 6.07) is 8.99. The van der Waals surface area contributed by atoms with E-state index in [1.54, 1.807) is 24.3 Å². The fourth-order valence-electron chi connectivity index (χ4n) is 1.79. The zero-order valence-corrected chi connectivity index (χ0v) is 11.3. The van der Waals surface area contributed by atoms with Gasteiger partial charge in [-0.25, -0.2) is 9.18 Å². The van der Waals surface area contributed by atoms with Crippen LogP contribution in [-0.4, -0.2) is 6.03 Å². The number of hydrogen-bond acceptors (Lipinski definition) is 2. The van der Waals surface area contributed by atoms with Crippen molar-refractivity contribution in [3.05, 3.63) is 53.3 Å². The van der Waals surface area contributed by atoms with Crippen LogP contribution in [0.25, 0.3) is 0 Å². The molecule has 2 aromatic carbocycles. The maximum atomic E-state index is 13.4. The van der Waals surface area contributed by atoms with Gasteiger partial charge in [-0.1, -0.05) is 12.1 Å². The second kappa shape index (κ2) is 5.61. The first-order chi connectivity index (χ1) is 9.47. The van der Waals surface area contributed by atoms with E-state index in [1.165, 1.54) is 12.1 Å². The van der Waals surface area contributed by atoms with Crippen LogP contribution in [0, 0.1) is 19.7 Å².